The van der Waals surface area contributed by atoms with Crippen molar-refractivity contribution in [1.82, 2.24) is 5.32 Å². The molecule has 0 aliphatic heterocycles. The monoisotopic (exact) mass is 218 g/mol. The number of nitrogens with zero attached hydrogens (tertiary/aromatic N) is 1. The molecule has 1 aromatic rings. The van der Waals surface area contributed by atoms with Gasteiger partial charge >= 0.3 is 0 Å². The molecule has 0 fully saturated rings. The van der Waals surface area contributed by atoms with Crippen LogP contribution in [0.25, 0.3) is 0 Å². The molecule has 0 atom stereocenters. The van der Waals surface area contributed by atoms with E-state index in [1.165, 1.54) is 0 Å². The Morgan fingerprint density at radius 3 is 3.06 bits per heavy atom. The Morgan fingerprint density at radius 2 is 2.38 bits per heavy atom. The maximum atomic E-state index is 11.2. The zero-order valence-electron chi connectivity index (χ0n) is 9.19. The van der Waals surface area contributed by atoms with Crippen molar-refractivity contribution in [1.29, 1.82) is 5.26 Å². The average molecular weight is 218 g/mol. The molecule has 1 rings (SSSR count). The van der Waals surface area contributed by atoms with E-state index in [4.69, 9.17) is 10.00 Å². The number of hydrogen-bond acceptors (Lipinski definition) is 3. The lowest BCUT2D eigenvalue weighted by Gasteiger charge is -2.06. The lowest BCUT2D eigenvalue weighted by atomic mass is 10.2. The van der Waals surface area contributed by atoms with Crippen molar-refractivity contribution in [2.75, 3.05) is 13.2 Å². The van der Waals surface area contributed by atoms with E-state index in [-0.39, 0.29) is 12.5 Å². The molecule has 4 nitrogen and oxygen atoms in total. The van der Waals surface area contributed by atoms with E-state index in [1.807, 2.05) is 31.2 Å². The summed E-state index contributed by atoms with van der Waals surface area (Å²) in [5, 5.41) is 10.9. The number of aryl methyl sites for hydroxylation is 1. The predicted octanol–water partition coefficient (Wildman–Crippen LogP) is 1.40. The Hall–Kier alpha value is -2.02. The van der Waals surface area contributed by atoms with E-state index in [2.05, 4.69) is 5.32 Å². The summed E-state index contributed by atoms with van der Waals surface area (Å²) in [5.41, 5.74) is 1.09. The molecule has 1 aromatic carbocycles. The second-order valence-electron chi connectivity index (χ2n) is 3.36. The van der Waals surface area contributed by atoms with Gasteiger partial charge in [0.05, 0.1) is 12.5 Å². The number of hydrogen-bond donors (Lipinski definition) is 1. The van der Waals surface area contributed by atoms with E-state index in [0.717, 1.165) is 5.56 Å². The predicted molar refractivity (Wildman–Crippen MR) is 59.9 cm³/mol. The van der Waals surface area contributed by atoms with Crippen LogP contribution in [0.2, 0.25) is 0 Å². The van der Waals surface area contributed by atoms with Crippen LogP contribution in [0.15, 0.2) is 24.3 Å². The Labute approximate surface area is 94.8 Å². The lowest BCUT2D eigenvalue weighted by Crippen LogP contribution is -2.29. The van der Waals surface area contributed by atoms with Gasteiger partial charge in [-0.25, -0.2) is 0 Å². The zero-order chi connectivity index (χ0) is 11.8. The number of carbonyl (C=O) groups is 1. The molecule has 4 heteroatoms. The van der Waals surface area contributed by atoms with E-state index in [0.29, 0.717) is 18.7 Å². The maximum Gasteiger partial charge on any atom is 0.257 e. The third-order valence-corrected chi connectivity index (χ3v) is 1.92. The van der Waals surface area contributed by atoms with Gasteiger partial charge in [-0.3, -0.25) is 4.79 Å². The van der Waals surface area contributed by atoms with Gasteiger partial charge in [0.2, 0.25) is 0 Å². The van der Waals surface area contributed by atoms with Gasteiger partial charge in [0.15, 0.2) is 6.61 Å². The van der Waals surface area contributed by atoms with Gasteiger partial charge in [-0.2, -0.15) is 5.26 Å². The highest BCUT2D eigenvalue weighted by atomic mass is 16.5. The molecule has 0 bridgehead atoms. The summed E-state index contributed by atoms with van der Waals surface area (Å²) in [6.07, 6.45) is 0.316. The molecule has 1 amide bonds. The van der Waals surface area contributed by atoms with Crippen molar-refractivity contribution in [3.05, 3.63) is 29.8 Å². The van der Waals surface area contributed by atoms with Crippen LogP contribution in [0.5, 0.6) is 5.75 Å². The van der Waals surface area contributed by atoms with Crippen LogP contribution < -0.4 is 10.1 Å². The summed E-state index contributed by atoms with van der Waals surface area (Å²) in [5.74, 6) is 0.465. The lowest BCUT2D eigenvalue weighted by molar-refractivity contribution is -0.123. The van der Waals surface area contributed by atoms with Gasteiger partial charge in [0.25, 0.3) is 5.91 Å². The third-order valence-electron chi connectivity index (χ3n) is 1.92. The van der Waals surface area contributed by atoms with Gasteiger partial charge in [-0.05, 0) is 24.6 Å². The summed E-state index contributed by atoms with van der Waals surface area (Å²) in [7, 11) is 0. The van der Waals surface area contributed by atoms with Crippen molar-refractivity contribution in [2.24, 2.45) is 0 Å². The number of nitrogens with one attached hydrogen (secondary N) is 1. The van der Waals surface area contributed by atoms with Crippen LogP contribution in [0, 0.1) is 18.3 Å². The smallest absolute Gasteiger partial charge is 0.257 e. The van der Waals surface area contributed by atoms with Crippen molar-refractivity contribution < 1.29 is 9.53 Å². The quantitative estimate of drug-likeness (QED) is 0.760. The maximum absolute atomic E-state index is 11.2. The minimum Gasteiger partial charge on any atom is -0.484 e. The SMILES string of the molecule is Cc1cccc(OCC(=O)NCCC#N)c1. The molecule has 0 heterocycles. The largest absolute Gasteiger partial charge is 0.484 e. The van der Waals surface area contributed by atoms with Crippen molar-refractivity contribution in [3.63, 3.8) is 0 Å². The highest BCUT2D eigenvalue weighted by Gasteiger charge is 2.01. The standard InChI is InChI=1S/C12H14N2O2/c1-10-4-2-5-11(8-10)16-9-12(15)14-7-3-6-13/h2,4-5,8H,3,7,9H2,1H3,(H,14,15). The van der Waals surface area contributed by atoms with Gasteiger partial charge in [0, 0.05) is 6.54 Å². The fourth-order valence-corrected chi connectivity index (χ4v) is 1.16. The van der Waals surface area contributed by atoms with Gasteiger partial charge in [0.1, 0.15) is 5.75 Å². The second kappa shape index (κ2) is 6.46. The Balaban J connectivity index is 2.29. The van der Waals surface area contributed by atoms with Crippen LogP contribution in [-0.2, 0) is 4.79 Å². The molecule has 0 aliphatic carbocycles. The first-order valence-electron chi connectivity index (χ1n) is 5.05. The normalized spacial score (nSPS) is 9.25. The molecule has 0 aromatic heterocycles. The van der Waals surface area contributed by atoms with Crippen LogP contribution in [-0.4, -0.2) is 19.1 Å². The molecular formula is C12H14N2O2. The number of ether oxygens (including phenoxy) is 1. The Morgan fingerprint density at radius 1 is 1.56 bits per heavy atom. The fourth-order valence-electron chi connectivity index (χ4n) is 1.16. The Bertz CT molecular complexity index is 396. The highest BCUT2D eigenvalue weighted by Crippen LogP contribution is 2.11. The molecule has 0 spiro atoms. The molecule has 0 saturated heterocycles. The average Bonchev–Trinajstić information content (AvgIpc) is 2.27. The second-order valence-corrected chi connectivity index (χ2v) is 3.36. The van der Waals surface area contributed by atoms with Gasteiger partial charge < -0.3 is 10.1 Å². The Kier molecular flexibility index (Phi) is 4.87. The highest BCUT2D eigenvalue weighted by molar-refractivity contribution is 5.77. The van der Waals surface area contributed by atoms with E-state index >= 15 is 0 Å². The summed E-state index contributed by atoms with van der Waals surface area (Å²) in [4.78, 5) is 11.2. The molecule has 1 N–H and O–H groups in total. The van der Waals surface area contributed by atoms with Crippen LogP contribution >= 0.6 is 0 Å². The van der Waals surface area contributed by atoms with E-state index in [1.54, 1.807) is 6.07 Å². The number of amides is 1. The van der Waals surface area contributed by atoms with Crippen LogP contribution in [0.4, 0.5) is 0 Å². The molecule has 0 unspecified atom stereocenters. The number of carbonyl (C=O) groups excluding carboxylic acids is 1. The number of rotatable bonds is 5. The third kappa shape index (κ3) is 4.47. The van der Waals surface area contributed by atoms with Crippen LogP contribution in [0.3, 0.4) is 0 Å². The van der Waals surface area contributed by atoms with Crippen molar-refractivity contribution in [2.45, 2.75) is 13.3 Å². The fraction of sp³-hybridized carbons (Fsp3) is 0.333. The first kappa shape index (κ1) is 12.1. The first-order valence-corrected chi connectivity index (χ1v) is 5.05. The summed E-state index contributed by atoms with van der Waals surface area (Å²) < 4.78 is 5.28. The van der Waals surface area contributed by atoms with Crippen molar-refractivity contribution >= 4 is 5.91 Å². The molecule has 84 valence electrons. The molecule has 0 radical (unpaired) electrons. The first-order chi connectivity index (χ1) is 7.72. The zero-order valence-corrected chi connectivity index (χ0v) is 9.19. The van der Waals surface area contributed by atoms with Gasteiger partial charge in [-0.15, -0.1) is 0 Å². The summed E-state index contributed by atoms with van der Waals surface area (Å²) >= 11 is 0. The topological polar surface area (TPSA) is 62.1 Å². The van der Waals surface area contributed by atoms with E-state index in [9.17, 15) is 4.79 Å². The van der Waals surface area contributed by atoms with Crippen molar-refractivity contribution in [3.8, 4) is 11.8 Å². The molecule has 16 heavy (non-hydrogen) atoms. The molecule has 0 aliphatic rings. The molecular weight excluding hydrogens is 204 g/mol. The van der Waals surface area contributed by atoms with Gasteiger partial charge in [-0.1, -0.05) is 12.1 Å². The minimum atomic E-state index is -0.211. The minimum absolute atomic E-state index is 0.0190. The number of benzene rings is 1. The van der Waals surface area contributed by atoms with Crippen LogP contribution in [0.1, 0.15) is 12.0 Å². The number of nitriles is 1. The van der Waals surface area contributed by atoms with E-state index < -0.39 is 0 Å². The summed E-state index contributed by atoms with van der Waals surface area (Å²) in [6.45, 7) is 2.31. The summed E-state index contributed by atoms with van der Waals surface area (Å²) in [6, 6.07) is 9.45. The molecule has 0 saturated carbocycles.